The van der Waals surface area contributed by atoms with E-state index in [1.54, 1.807) is 0 Å². The summed E-state index contributed by atoms with van der Waals surface area (Å²) < 4.78 is 0. The van der Waals surface area contributed by atoms with Crippen LogP contribution in [0.3, 0.4) is 0 Å². The van der Waals surface area contributed by atoms with Crippen molar-refractivity contribution in [3.63, 3.8) is 0 Å². The van der Waals surface area contributed by atoms with Crippen molar-refractivity contribution in [1.29, 1.82) is 0 Å². The summed E-state index contributed by atoms with van der Waals surface area (Å²) in [6.07, 6.45) is 6.03. The highest BCUT2D eigenvalue weighted by atomic mass is 16.2. The van der Waals surface area contributed by atoms with Crippen LogP contribution >= 0.6 is 0 Å². The number of likely N-dealkylation sites (N-methyl/N-ethyl adjacent to an activating group) is 1. The van der Waals surface area contributed by atoms with Gasteiger partial charge in [0, 0.05) is 44.8 Å². The highest BCUT2D eigenvalue weighted by Crippen LogP contribution is 2.23. The molecule has 142 valence electrons. The van der Waals surface area contributed by atoms with E-state index < -0.39 is 0 Å². The maximum absolute atomic E-state index is 12.9. The normalized spacial score (nSPS) is 20.6. The lowest BCUT2D eigenvalue weighted by Gasteiger charge is -2.40. The van der Waals surface area contributed by atoms with E-state index in [1.807, 2.05) is 54.1 Å². The average molecular weight is 357 g/mol. The van der Waals surface area contributed by atoms with Gasteiger partial charge >= 0.3 is 0 Å². The number of carbonyl (C=O) groups is 2. The molecule has 0 aromatic heterocycles. The molecule has 1 unspecified atom stereocenters. The van der Waals surface area contributed by atoms with Gasteiger partial charge < -0.3 is 9.80 Å². The lowest BCUT2D eigenvalue weighted by molar-refractivity contribution is -0.138. The second kappa shape index (κ2) is 8.67. The zero-order valence-electron chi connectivity index (χ0n) is 16.1. The van der Waals surface area contributed by atoms with E-state index in [9.17, 15) is 9.59 Å². The number of piperazine rings is 1. The molecule has 0 radical (unpaired) electrons. The Labute approximate surface area is 156 Å². The number of nitrogens with zero attached hydrogens (tertiary/aromatic N) is 3. The first-order valence-electron chi connectivity index (χ1n) is 9.93. The monoisotopic (exact) mass is 357 g/mol. The fourth-order valence-electron chi connectivity index (χ4n) is 4.17. The summed E-state index contributed by atoms with van der Waals surface area (Å²) >= 11 is 0. The molecule has 0 bridgehead atoms. The summed E-state index contributed by atoms with van der Waals surface area (Å²) in [6.45, 7) is 4.88. The molecule has 1 aromatic rings. The van der Waals surface area contributed by atoms with Crippen LogP contribution in [0, 0.1) is 0 Å². The Bertz CT molecular complexity index is 605. The van der Waals surface area contributed by atoms with E-state index in [-0.39, 0.29) is 17.9 Å². The van der Waals surface area contributed by atoms with Gasteiger partial charge in [0.15, 0.2) is 0 Å². The number of carbonyl (C=O) groups excluding carboxylic acids is 2. The molecule has 2 fully saturated rings. The quantitative estimate of drug-likeness (QED) is 0.832. The number of amides is 2. The Morgan fingerprint density at radius 3 is 2.23 bits per heavy atom. The lowest BCUT2D eigenvalue weighted by atomic mass is 9.94. The van der Waals surface area contributed by atoms with Crippen LogP contribution in [0.5, 0.6) is 0 Å². The van der Waals surface area contributed by atoms with Crippen molar-refractivity contribution in [2.75, 3.05) is 33.2 Å². The van der Waals surface area contributed by atoms with Crippen LogP contribution in [0.1, 0.15) is 49.4 Å². The molecule has 2 aliphatic rings. The first-order chi connectivity index (χ1) is 12.6. The van der Waals surface area contributed by atoms with Gasteiger partial charge in [-0.1, -0.05) is 37.5 Å². The Hall–Kier alpha value is -1.88. The Morgan fingerprint density at radius 2 is 1.62 bits per heavy atom. The molecule has 5 heteroatoms. The van der Waals surface area contributed by atoms with Gasteiger partial charge in [0.1, 0.15) is 0 Å². The number of rotatable bonds is 4. The minimum absolute atomic E-state index is 0.0866. The molecule has 1 heterocycles. The number of benzene rings is 1. The number of hydrogen-bond acceptors (Lipinski definition) is 3. The zero-order chi connectivity index (χ0) is 18.5. The van der Waals surface area contributed by atoms with E-state index in [2.05, 4.69) is 4.90 Å². The van der Waals surface area contributed by atoms with Crippen molar-refractivity contribution in [3.8, 4) is 0 Å². The van der Waals surface area contributed by atoms with Crippen LogP contribution < -0.4 is 0 Å². The van der Waals surface area contributed by atoms with Crippen LogP contribution in [-0.4, -0.2) is 71.8 Å². The maximum atomic E-state index is 12.9. The molecule has 2 amide bonds. The SMILES string of the molecule is CC(C(=O)N(C)C1CCCCC1)N1CCN(C(=O)c2ccccc2)CC1. The minimum atomic E-state index is -0.115. The fourth-order valence-corrected chi connectivity index (χ4v) is 4.17. The van der Waals surface area contributed by atoms with Gasteiger partial charge in [0.05, 0.1) is 6.04 Å². The summed E-state index contributed by atoms with van der Waals surface area (Å²) in [4.78, 5) is 31.5. The largest absolute Gasteiger partial charge is 0.341 e. The molecule has 5 nitrogen and oxygen atoms in total. The summed E-state index contributed by atoms with van der Waals surface area (Å²) in [5.41, 5.74) is 0.738. The third kappa shape index (κ3) is 4.26. The van der Waals surface area contributed by atoms with E-state index in [4.69, 9.17) is 0 Å². The maximum Gasteiger partial charge on any atom is 0.253 e. The molecule has 26 heavy (non-hydrogen) atoms. The van der Waals surface area contributed by atoms with Gasteiger partial charge in [-0.3, -0.25) is 14.5 Å². The molecule has 1 aliphatic heterocycles. The van der Waals surface area contributed by atoms with E-state index >= 15 is 0 Å². The van der Waals surface area contributed by atoms with Crippen LogP contribution in [-0.2, 0) is 4.79 Å². The van der Waals surface area contributed by atoms with Gasteiger partial charge in [0.25, 0.3) is 5.91 Å². The molecular weight excluding hydrogens is 326 g/mol. The molecule has 1 atom stereocenters. The van der Waals surface area contributed by atoms with Crippen LogP contribution in [0.15, 0.2) is 30.3 Å². The number of hydrogen-bond donors (Lipinski definition) is 0. The molecule has 1 aliphatic carbocycles. The van der Waals surface area contributed by atoms with Gasteiger partial charge in [-0.25, -0.2) is 0 Å². The molecule has 1 saturated heterocycles. The van der Waals surface area contributed by atoms with Crippen molar-refractivity contribution in [3.05, 3.63) is 35.9 Å². The van der Waals surface area contributed by atoms with Crippen LogP contribution in [0.4, 0.5) is 0 Å². The van der Waals surface area contributed by atoms with E-state index in [1.165, 1.54) is 19.3 Å². The Balaban J connectivity index is 1.52. The second-order valence-corrected chi connectivity index (χ2v) is 7.61. The van der Waals surface area contributed by atoms with Crippen molar-refractivity contribution in [1.82, 2.24) is 14.7 Å². The predicted molar refractivity (Wildman–Crippen MR) is 103 cm³/mol. The highest BCUT2D eigenvalue weighted by Gasteiger charge is 2.31. The first-order valence-corrected chi connectivity index (χ1v) is 9.93. The summed E-state index contributed by atoms with van der Waals surface area (Å²) in [5, 5.41) is 0. The van der Waals surface area contributed by atoms with Crippen LogP contribution in [0.25, 0.3) is 0 Å². The highest BCUT2D eigenvalue weighted by molar-refractivity contribution is 5.94. The zero-order valence-corrected chi connectivity index (χ0v) is 16.1. The van der Waals surface area contributed by atoms with Gasteiger partial charge in [-0.15, -0.1) is 0 Å². The molecule has 0 N–H and O–H groups in total. The predicted octanol–water partition coefficient (Wildman–Crippen LogP) is 2.62. The molecule has 0 spiro atoms. The second-order valence-electron chi connectivity index (χ2n) is 7.61. The summed E-state index contributed by atoms with van der Waals surface area (Å²) in [7, 11) is 1.96. The van der Waals surface area contributed by atoms with Crippen molar-refractivity contribution >= 4 is 11.8 Å². The van der Waals surface area contributed by atoms with Gasteiger partial charge in [-0.2, -0.15) is 0 Å². The average Bonchev–Trinajstić information content (AvgIpc) is 2.73. The standard InChI is InChI=1S/C21H31N3O2/c1-17(20(25)22(2)19-11-7-4-8-12-19)23-13-15-24(16-14-23)21(26)18-9-5-3-6-10-18/h3,5-6,9-10,17,19H,4,7-8,11-16H2,1-2H3. The summed E-state index contributed by atoms with van der Waals surface area (Å²) in [6, 6.07) is 9.72. The third-order valence-electron chi connectivity index (χ3n) is 6.00. The third-order valence-corrected chi connectivity index (χ3v) is 6.00. The lowest BCUT2D eigenvalue weighted by Crippen LogP contribution is -2.56. The smallest absolute Gasteiger partial charge is 0.253 e. The minimum Gasteiger partial charge on any atom is -0.341 e. The van der Waals surface area contributed by atoms with E-state index in [0.29, 0.717) is 19.1 Å². The molecule has 3 rings (SSSR count). The van der Waals surface area contributed by atoms with Gasteiger partial charge in [-0.05, 0) is 31.9 Å². The summed E-state index contributed by atoms with van der Waals surface area (Å²) in [5.74, 6) is 0.309. The van der Waals surface area contributed by atoms with Gasteiger partial charge in [0.2, 0.25) is 5.91 Å². The molecule has 1 saturated carbocycles. The van der Waals surface area contributed by atoms with Crippen molar-refractivity contribution < 1.29 is 9.59 Å². The Morgan fingerprint density at radius 1 is 1.00 bits per heavy atom. The fraction of sp³-hybridized carbons (Fsp3) is 0.619. The van der Waals surface area contributed by atoms with Crippen LogP contribution in [0.2, 0.25) is 0 Å². The topological polar surface area (TPSA) is 43.9 Å². The molecule has 1 aromatic carbocycles. The van der Waals surface area contributed by atoms with Crippen molar-refractivity contribution in [2.45, 2.75) is 51.1 Å². The van der Waals surface area contributed by atoms with E-state index in [0.717, 1.165) is 31.5 Å². The van der Waals surface area contributed by atoms with Crippen molar-refractivity contribution in [2.24, 2.45) is 0 Å². The first kappa shape index (κ1) is 18.9. The Kier molecular flexibility index (Phi) is 6.30. The molecular formula is C21H31N3O2.